The highest BCUT2D eigenvalue weighted by molar-refractivity contribution is 5.92. The standard InChI is InChI=1S/C18H23N3O/c1-20(15-7-3-2-4-8-15)13-6-12-19-18(22)17-9-5-14-21(17)16-10-11-16/h2-5,7-9,14,16H,6,10-13H2,1H3,(H,19,22). The van der Waals surface area contributed by atoms with Gasteiger partial charge in [0.25, 0.3) is 5.91 Å². The fourth-order valence-electron chi connectivity index (χ4n) is 2.68. The van der Waals surface area contributed by atoms with E-state index in [2.05, 4.69) is 34.0 Å². The first kappa shape index (κ1) is 14.7. The zero-order valence-corrected chi connectivity index (χ0v) is 13.0. The van der Waals surface area contributed by atoms with Crippen molar-refractivity contribution in [3.63, 3.8) is 0 Å². The highest BCUT2D eigenvalue weighted by Gasteiger charge is 2.26. The van der Waals surface area contributed by atoms with Crippen LogP contribution >= 0.6 is 0 Å². The lowest BCUT2D eigenvalue weighted by Gasteiger charge is -2.19. The van der Waals surface area contributed by atoms with Crippen LogP contribution in [0, 0.1) is 0 Å². The lowest BCUT2D eigenvalue weighted by Crippen LogP contribution is -2.29. The van der Waals surface area contributed by atoms with Gasteiger partial charge in [-0.15, -0.1) is 0 Å². The van der Waals surface area contributed by atoms with E-state index in [-0.39, 0.29) is 5.91 Å². The van der Waals surface area contributed by atoms with Crippen molar-refractivity contribution >= 4 is 11.6 Å². The van der Waals surface area contributed by atoms with E-state index < -0.39 is 0 Å². The fraction of sp³-hybridized carbons (Fsp3) is 0.389. The number of carbonyl (C=O) groups excluding carboxylic acids is 1. The molecule has 0 unspecified atom stereocenters. The van der Waals surface area contributed by atoms with Crippen LogP contribution in [-0.4, -0.2) is 30.6 Å². The molecule has 0 spiro atoms. The smallest absolute Gasteiger partial charge is 0.267 e. The molecule has 1 aromatic carbocycles. The van der Waals surface area contributed by atoms with E-state index in [1.807, 2.05) is 36.5 Å². The van der Waals surface area contributed by atoms with Gasteiger partial charge in [-0.2, -0.15) is 0 Å². The number of anilines is 1. The number of carbonyl (C=O) groups is 1. The molecule has 1 N–H and O–H groups in total. The fourth-order valence-corrected chi connectivity index (χ4v) is 2.68. The highest BCUT2D eigenvalue weighted by atomic mass is 16.1. The van der Waals surface area contributed by atoms with Gasteiger partial charge in [-0.05, 0) is 43.5 Å². The average Bonchev–Trinajstić information content (AvgIpc) is 3.28. The van der Waals surface area contributed by atoms with E-state index in [4.69, 9.17) is 0 Å². The van der Waals surface area contributed by atoms with Gasteiger partial charge in [-0.3, -0.25) is 4.79 Å². The number of rotatable bonds is 7. The molecule has 0 atom stereocenters. The molecule has 1 aromatic heterocycles. The molecule has 1 amide bonds. The van der Waals surface area contributed by atoms with E-state index in [1.54, 1.807) is 0 Å². The summed E-state index contributed by atoms with van der Waals surface area (Å²) >= 11 is 0. The molecule has 4 heteroatoms. The van der Waals surface area contributed by atoms with Crippen LogP contribution in [0.15, 0.2) is 48.7 Å². The van der Waals surface area contributed by atoms with Crippen molar-refractivity contribution in [2.45, 2.75) is 25.3 Å². The first-order chi connectivity index (χ1) is 10.8. The van der Waals surface area contributed by atoms with Gasteiger partial charge < -0.3 is 14.8 Å². The van der Waals surface area contributed by atoms with Crippen LogP contribution in [0.2, 0.25) is 0 Å². The monoisotopic (exact) mass is 297 g/mol. The molecule has 1 heterocycles. The van der Waals surface area contributed by atoms with Crippen LogP contribution in [0.5, 0.6) is 0 Å². The Morgan fingerprint density at radius 1 is 1.23 bits per heavy atom. The summed E-state index contributed by atoms with van der Waals surface area (Å²) in [6.45, 7) is 1.62. The third-order valence-corrected chi connectivity index (χ3v) is 4.10. The van der Waals surface area contributed by atoms with Crippen molar-refractivity contribution in [1.82, 2.24) is 9.88 Å². The van der Waals surface area contributed by atoms with E-state index in [0.717, 1.165) is 18.7 Å². The Morgan fingerprint density at radius 3 is 2.73 bits per heavy atom. The van der Waals surface area contributed by atoms with Gasteiger partial charge in [-0.25, -0.2) is 0 Å². The second-order valence-electron chi connectivity index (χ2n) is 5.90. The molecule has 1 aliphatic carbocycles. The quantitative estimate of drug-likeness (QED) is 0.797. The Bertz CT molecular complexity index is 616. The largest absolute Gasteiger partial charge is 0.375 e. The summed E-state index contributed by atoms with van der Waals surface area (Å²) in [4.78, 5) is 14.4. The number of hydrogen-bond acceptors (Lipinski definition) is 2. The summed E-state index contributed by atoms with van der Waals surface area (Å²) in [6.07, 6.45) is 5.32. The van der Waals surface area contributed by atoms with Crippen LogP contribution in [-0.2, 0) is 0 Å². The number of aromatic nitrogens is 1. The molecule has 0 bridgehead atoms. The Balaban J connectivity index is 1.43. The van der Waals surface area contributed by atoms with Gasteiger partial charge >= 0.3 is 0 Å². The van der Waals surface area contributed by atoms with Crippen LogP contribution in [0.25, 0.3) is 0 Å². The summed E-state index contributed by atoms with van der Waals surface area (Å²) in [5.41, 5.74) is 2.00. The van der Waals surface area contributed by atoms with E-state index >= 15 is 0 Å². The topological polar surface area (TPSA) is 37.3 Å². The molecule has 1 fully saturated rings. The van der Waals surface area contributed by atoms with Crippen LogP contribution < -0.4 is 10.2 Å². The first-order valence-corrected chi connectivity index (χ1v) is 7.97. The predicted molar refractivity (Wildman–Crippen MR) is 89.4 cm³/mol. The lowest BCUT2D eigenvalue weighted by atomic mass is 10.3. The molecule has 4 nitrogen and oxygen atoms in total. The van der Waals surface area contributed by atoms with Gasteiger partial charge in [0.2, 0.25) is 0 Å². The molecule has 1 aliphatic rings. The molecule has 1 saturated carbocycles. The second-order valence-corrected chi connectivity index (χ2v) is 5.90. The predicted octanol–water partition coefficient (Wildman–Crippen LogP) is 3.08. The molecule has 0 aliphatic heterocycles. The molecule has 2 aromatic rings. The van der Waals surface area contributed by atoms with Crippen LogP contribution in [0.4, 0.5) is 5.69 Å². The lowest BCUT2D eigenvalue weighted by molar-refractivity contribution is 0.0944. The van der Waals surface area contributed by atoms with E-state index in [9.17, 15) is 4.79 Å². The van der Waals surface area contributed by atoms with Crippen molar-refractivity contribution in [1.29, 1.82) is 0 Å². The van der Waals surface area contributed by atoms with E-state index in [1.165, 1.54) is 18.5 Å². The minimum atomic E-state index is 0.0410. The number of hydrogen-bond donors (Lipinski definition) is 1. The summed E-state index contributed by atoms with van der Waals surface area (Å²) in [5.74, 6) is 0.0410. The Kier molecular flexibility index (Phi) is 4.47. The number of benzene rings is 1. The third kappa shape index (κ3) is 3.50. The molecule has 0 saturated heterocycles. The first-order valence-electron chi connectivity index (χ1n) is 7.97. The van der Waals surface area contributed by atoms with Crippen LogP contribution in [0.3, 0.4) is 0 Å². The zero-order valence-electron chi connectivity index (χ0n) is 13.0. The molecule has 22 heavy (non-hydrogen) atoms. The van der Waals surface area contributed by atoms with Crippen molar-refractivity contribution in [3.8, 4) is 0 Å². The van der Waals surface area contributed by atoms with Crippen molar-refractivity contribution < 1.29 is 4.79 Å². The molecular formula is C18H23N3O. The second kappa shape index (κ2) is 6.69. The molecule has 0 radical (unpaired) electrons. The van der Waals surface area contributed by atoms with Gasteiger partial charge in [0.15, 0.2) is 0 Å². The number of nitrogens with one attached hydrogen (secondary N) is 1. The minimum absolute atomic E-state index is 0.0410. The number of amides is 1. The maximum absolute atomic E-state index is 12.2. The van der Waals surface area contributed by atoms with E-state index in [0.29, 0.717) is 12.6 Å². The summed E-state index contributed by atoms with van der Waals surface area (Å²) in [7, 11) is 2.08. The van der Waals surface area contributed by atoms with Gasteiger partial charge in [-0.1, -0.05) is 18.2 Å². The third-order valence-electron chi connectivity index (χ3n) is 4.10. The summed E-state index contributed by atoms with van der Waals surface area (Å²) in [5, 5.41) is 3.03. The highest BCUT2D eigenvalue weighted by Crippen LogP contribution is 2.35. The Morgan fingerprint density at radius 2 is 2.00 bits per heavy atom. The van der Waals surface area contributed by atoms with Crippen molar-refractivity contribution in [3.05, 3.63) is 54.4 Å². The Hall–Kier alpha value is -2.23. The number of para-hydroxylation sites is 1. The minimum Gasteiger partial charge on any atom is -0.375 e. The van der Waals surface area contributed by atoms with Gasteiger partial charge in [0.05, 0.1) is 0 Å². The summed E-state index contributed by atoms with van der Waals surface area (Å²) in [6, 6.07) is 14.7. The normalized spacial score (nSPS) is 13.9. The average molecular weight is 297 g/mol. The van der Waals surface area contributed by atoms with Gasteiger partial charge in [0, 0.05) is 38.1 Å². The zero-order chi connectivity index (χ0) is 15.4. The molecular weight excluding hydrogens is 274 g/mol. The maximum atomic E-state index is 12.2. The molecule has 116 valence electrons. The molecule has 3 rings (SSSR count). The van der Waals surface area contributed by atoms with Crippen molar-refractivity contribution in [2.24, 2.45) is 0 Å². The Labute approximate surface area is 131 Å². The summed E-state index contributed by atoms with van der Waals surface area (Å²) < 4.78 is 2.10. The van der Waals surface area contributed by atoms with Crippen molar-refractivity contribution in [2.75, 3.05) is 25.0 Å². The number of nitrogens with zero attached hydrogens (tertiary/aromatic N) is 2. The SMILES string of the molecule is CN(CCCNC(=O)c1cccn1C1CC1)c1ccccc1. The van der Waals surface area contributed by atoms with Crippen LogP contribution in [0.1, 0.15) is 35.8 Å². The maximum Gasteiger partial charge on any atom is 0.267 e. The van der Waals surface area contributed by atoms with Gasteiger partial charge in [0.1, 0.15) is 5.69 Å².